The highest BCUT2D eigenvalue weighted by Crippen LogP contribution is 2.44. The number of ether oxygens (including phenoxy) is 1. The van der Waals surface area contributed by atoms with Gasteiger partial charge in [0.25, 0.3) is 0 Å². The first-order valence-corrected chi connectivity index (χ1v) is 24.9. The summed E-state index contributed by atoms with van der Waals surface area (Å²) in [4.78, 5) is 111. The molecule has 6 atom stereocenters. The summed E-state index contributed by atoms with van der Waals surface area (Å²) >= 11 is 0.651. The third-order valence-corrected chi connectivity index (χ3v) is 12.6. The molecule has 4 rings (SSSR count). The highest BCUT2D eigenvalue weighted by atomic mass is 32.2. The van der Waals surface area contributed by atoms with E-state index in [1.807, 2.05) is 76.2 Å². The van der Waals surface area contributed by atoms with Gasteiger partial charge in [-0.2, -0.15) is 0 Å². The maximum atomic E-state index is 14.0. The fourth-order valence-electron chi connectivity index (χ4n) is 8.03. The number of phenols is 1. The number of aliphatic imine (C=N–C) groups is 1. The quantitative estimate of drug-likeness (QED) is 0.0216. The van der Waals surface area contributed by atoms with Crippen LogP contribution in [0.3, 0.4) is 0 Å². The van der Waals surface area contributed by atoms with Crippen molar-refractivity contribution < 1.29 is 53.3 Å². The average Bonchev–Trinajstić information content (AvgIpc) is 3.64. The van der Waals surface area contributed by atoms with Gasteiger partial charge >= 0.3 is 11.9 Å². The Labute approximate surface area is 423 Å². The van der Waals surface area contributed by atoms with Crippen molar-refractivity contribution in [2.75, 3.05) is 18.9 Å². The normalized spacial score (nSPS) is 14.3. The standard InChI is InChI=1S/C51H69N9O11S/c1-28(2)23-38(52)46(65)59-40(25-31-16-18-32(61)19-17-31)48(67)58-39(15-10-21-55-51(53)54)47(66)56-30(5)45(64)60-42(50(70)72-22-20-43(62)57-41(49(68)69)24-29(3)4)26-44(63)71-27-37-35-13-8-6-11-33(35)34-12-7-9-14-36(34)37/h6-9,11-14,16-19,28-30,37-42,61H,10,15,20-27,52H2,1-5H3,(H,56,66)(H,57,62)(H,58,67)(H,59,65)(H,60,64)(H,68,69)(H4,53,54,55)/t30-,38-,39-,40-,41-,42-/m0/s1. The molecule has 0 saturated carbocycles. The number of aliphatic carboxylic acids is 1. The minimum absolute atomic E-state index is 0.0146. The Hall–Kier alpha value is -7.00. The fraction of sp³-hybridized carbons (Fsp3) is 0.471. The molecule has 13 N–H and O–H groups in total. The van der Waals surface area contributed by atoms with Gasteiger partial charge in [-0.05, 0) is 84.4 Å². The van der Waals surface area contributed by atoms with Crippen LogP contribution in [0.15, 0.2) is 77.8 Å². The molecule has 21 heteroatoms. The van der Waals surface area contributed by atoms with E-state index in [9.17, 15) is 48.6 Å². The van der Waals surface area contributed by atoms with E-state index in [1.165, 1.54) is 19.1 Å². The molecule has 390 valence electrons. The summed E-state index contributed by atoms with van der Waals surface area (Å²) in [5.41, 5.74) is 21.6. The van der Waals surface area contributed by atoms with Crippen LogP contribution < -0.4 is 43.8 Å². The van der Waals surface area contributed by atoms with E-state index < -0.39 is 89.3 Å². The van der Waals surface area contributed by atoms with Gasteiger partial charge in [0.15, 0.2) is 5.96 Å². The monoisotopic (exact) mass is 1020 g/mol. The number of carboxylic acids is 1. The summed E-state index contributed by atoms with van der Waals surface area (Å²) in [6.45, 7) is 8.75. The number of nitrogens with two attached hydrogens (primary N) is 3. The van der Waals surface area contributed by atoms with E-state index in [-0.39, 0.29) is 80.5 Å². The largest absolute Gasteiger partial charge is 0.508 e. The van der Waals surface area contributed by atoms with Gasteiger partial charge in [-0.3, -0.25) is 38.6 Å². The molecule has 20 nitrogen and oxygen atoms in total. The second-order valence-corrected chi connectivity index (χ2v) is 19.7. The second-order valence-electron chi connectivity index (χ2n) is 18.6. The minimum Gasteiger partial charge on any atom is -0.508 e. The number of rotatable bonds is 28. The molecular formula is C51H69N9O11S. The lowest BCUT2D eigenvalue weighted by molar-refractivity contribution is -0.145. The molecule has 0 spiro atoms. The molecule has 5 amide bonds. The third kappa shape index (κ3) is 18.3. The highest BCUT2D eigenvalue weighted by molar-refractivity contribution is 8.13. The number of guanidine groups is 1. The van der Waals surface area contributed by atoms with Gasteiger partial charge in [-0.15, -0.1) is 0 Å². The molecule has 72 heavy (non-hydrogen) atoms. The Morgan fingerprint density at radius 2 is 1.26 bits per heavy atom. The summed E-state index contributed by atoms with van der Waals surface area (Å²) in [7, 11) is 0. The van der Waals surface area contributed by atoms with E-state index in [0.29, 0.717) is 23.7 Å². The number of esters is 1. The van der Waals surface area contributed by atoms with Crippen molar-refractivity contribution in [3.63, 3.8) is 0 Å². The Kier molecular flexibility index (Phi) is 22.5. The van der Waals surface area contributed by atoms with Crippen LogP contribution in [0.2, 0.25) is 0 Å². The number of aromatic hydroxyl groups is 1. The third-order valence-electron chi connectivity index (χ3n) is 11.7. The molecule has 0 saturated heterocycles. The zero-order valence-corrected chi connectivity index (χ0v) is 42.2. The number of phenolic OH excluding ortho intramolecular Hbond substituents is 1. The number of benzene rings is 3. The van der Waals surface area contributed by atoms with Crippen molar-refractivity contribution >= 4 is 64.3 Å². The molecular weight excluding hydrogens is 947 g/mol. The lowest BCUT2D eigenvalue weighted by Gasteiger charge is -2.26. The number of carboxylic acid groups (broad SMARTS) is 1. The van der Waals surface area contributed by atoms with Crippen LogP contribution in [0.25, 0.3) is 11.1 Å². The number of carbonyl (C=O) groups is 8. The van der Waals surface area contributed by atoms with E-state index in [0.717, 1.165) is 22.3 Å². The maximum Gasteiger partial charge on any atom is 0.326 e. The Morgan fingerprint density at radius 3 is 1.85 bits per heavy atom. The van der Waals surface area contributed by atoms with Crippen molar-refractivity contribution in [1.29, 1.82) is 0 Å². The number of hydrogen-bond acceptors (Lipinski definition) is 13. The Morgan fingerprint density at radius 1 is 0.694 bits per heavy atom. The number of fused-ring (bicyclic) bond motifs is 3. The van der Waals surface area contributed by atoms with Gasteiger partial charge in [0.2, 0.25) is 34.7 Å². The van der Waals surface area contributed by atoms with E-state index >= 15 is 0 Å². The van der Waals surface area contributed by atoms with Crippen LogP contribution in [0, 0.1) is 11.8 Å². The molecule has 0 aromatic heterocycles. The van der Waals surface area contributed by atoms with Crippen LogP contribution >= 0.6 is 11.8 Å². The molecule has 0 heterocycles. The smallest absolute Gasteiger partial charge is 0.326 e. The van der Waals surface area contributed by atoms with Crippen LogP contribution in [-0.2, 0) is 49.5 Å². The number of nitrogens with zero attached hydrogens (tertiary/aromatic N) is 1. The van der Waals surface area contributed by atoms with Gasteiger partial charge in [0.05, 0.1) is 12.5 Å². The summed E-state index contributed by atoms with van der Waals surface area (Å²) in [5.74, 6) is -6.27. The SMILES string of the molecule is CC(C)C[C@H](NC(=O)CCSC(=O)[C@H](CC(=O)OCC1c2ccccc2-c2ccccc21)NC(=O)[C@H](C)NC(=O)[C@H](CCCN=C(N)N)NC(=O)[C@H](Cc1ccc(O)cc1)NC(=O)[C@@H](N)CC(C)C)C(=O)O. The van der Waals surface area contributed by atoms with Gasteiger partial charge in [0, 0.05) is 31.1 Å². The predicted octanol–water partition coefficient (Wildman–Crippen LogP) is 2.33. The van der Waals surface area contributed by atoms with Gasteiger partial charge in [0.1, 0.15) is 42.6 Å². The minimum atomic E-state index is -1.50. The first-order valence-electron chi connectivity index (χ1n) is 24.0. The molecule has 0 fully saturated rings. The summed E-state index contributed by atoms with van der Waals surface area (Å²) in [6.07, 6.45) is -0.244. The van der Waals surface area contributed by atoms with Gasteiger partial charge < -0.3 is 58.7 Å². The molecule has 1 aliphatic rings. The fourth-order valence-corrected chi connectivity index (χ4v) is 8.86. The zero-order valence-electron chi connectivity index (χ0n) is 41.4. The lowest BCUT2D eigenvalue weighted by Crippen LogP contribution is -2.58. The number of hydrogen-bond donors (Lipinski definition) is 10. The van der Waals surface area contributed by atoms with E-state index in [2.05, 4.69) is 31.6 Å². The average molecular weight is 1020 g/mol. The van der Waals surface area contributed by atoms with Crippen molar-refractivity contribution in [1.82, 2.24) is 26.6 Å². The summed E-state index contributed by atoms with van der Waals surface area (Å²) in [6, 6.07) is 14.0. The van der Waals surface area contributed by atoms with Crippen LogP contribution in [-0.4, -0.2) is 118 Å². The Balaban J connectivity index is 1.51. The van der Waals surface area contributed by atoms with Crippen LogP contribution in [0.5, 0.6) is 5.75 Å². The molecule has 0 bridgehead atoms. The zero-order chi connectivity index (χ0) is 53.1. The van der Waals surface area contributed by atoms with E-state index in [1.54, 1.807) is 12.1 Å². The highest BCUT2D eigenvalue weighted by Gasteiger charge is 2.34. The van der Waals surface area contributed by atoms with Crippen molar-refractivity contribution in [2.45, 2.75) is 122 Å². The van der Waals surface area contributed by atoms with Crippen LogP contribution in [0.4, 0.5) is 0 Å². The molecule has 0 radical (unpaired) electrons. The summed E-state index contributed by atoms with van der Waals surface area (Å²) in [5, 5.41) is 31.6. The van der Waals surface area contributed by atoms with Crippen molar-refractivity contribution in [3.05, 3.63) is 89.5 Å². The maximum absolute atomic E-state index is 14.0. The molecule has 0 aliphatic heterocycles. The van der Waals surface area contributed by atoms with Gasteiger partial charge in [-0.1, -0.05) is 100 Å². The first-order chi connectivity index (χ1) is 34.1. The van der Waals surface area contributed by atoms with E-state index in [4.69, 9.17) is 21.9 Å². The predicted molar refractivity (Wildman–Crippen MR) is 273 cm³/mol. The topological polar surface area (TPSA) is 337 Å². The number of carbonyl (C=O) groups excluding carboxylic acids is 7. The van der Waals surface area contributed by atoms with Crippen LogP contribution in [0.1, 0.15) is 95.8 Å². The molecule has 3 aromatic carbocycles. The van der Waals surface area contributed by atoms with Crippen molar-refractivity contribution in [3.8, 4) is 16.9 Å². The number of amides is 5. The molecule has 1 aliphatic carbocycles. The van der Waals surface area contributed by atoms with Gasteiger partial charge in [-0.25, -0.2) is 4.79 Å². The Bertz CT molecular complexity index is 2370. The summed E-state index contributed by atoms with van der Waals surface area (Å²) < 4.78 is 5.76. The number of nitrogens with one attached hydrogen (secondary N) is 5. The lowest BCUT2D eigenvalue weighted by atomic mass is 9.98. The second kappa shape index (κ2) is 28.1. The molecule has 0 unspecified atom stereocenters. The van der Waals surface area contributed by atoms with Crippen molar-refractivity contribution in [2.24, 2.45) is 34.0 Å². The molecule has 3 aromatic rings. The first kappa shape index (κ1) is 57.6. The number of thioether (sulfide) groups is 1.